The van der Waals surface area contributed by atoms with Crippen LogP contribution in [0.2, 0.25) is 5.02 Å². The molecule has 2 aliphatic heterocycles. The van der Waals surface area contributed by atoms with E-state index in [0.29, 0.717) is 19.1 Å². The summed E-state index contributed by atoms with van der Waals surface area (Å²) >= 11 is 6.49. The Morgan fingerprint density at radius 2 is 2.21 bits per heavy atom. The molecule has 1 N–H and O–H groups in total. The Kier molecular flexibility index (Phi) is 3.85. The third-order valence-corrected chi connectivity index (χ3v) is 4.50. The summed E-state index contributed by atoms with van der Waals surface area (Å²) in [6.07, 6.45) is 3.55. The monoisotopic (exact) mass is 281 g/mol. The lowest BCUT2D eigenvalue weighted by molar-refractivity contribution is 0.170. The molecule has 4 heteroatoms. The first-order valence-electron chi connectivity index (χ1n) is 7.04. The highest BCUT2D eigenvalue weighted by Crippen LogP contribution is 2.40. The molecule has 1 fully saturated rings. The van der Waals surface area contributed by atoms with Crippen molar-refractivity contribution in [3.63, 3.8) is 0 Å². The number of piperidine rings is 1. The highest BCUT2D eigenvalue weighted by Gasteiger charge is 2.22. The number of benzene rings is 1. The van der Waals surface area contributed by atoms with Crippen LogP contribution in [0.15, 0.2) is 6.07 Å². The van der Waals surface area contributed by atoms with E-state index < -0.39 is 0 Å². The minimum atomic E-state index is 0.607. The van der Waals surface area contributed by atoms with E-state index in [4.69, 9.17) is 21.1 Å². The molecule has 1 saturated heterocycles. The maximum absolute atomic E-state index is 6.49. The molecule has 104 valence electrons. The number of ether oxygens (including phenoxy) is 2. The van der Waals surface area contributed by atoms with E-state index in [1.807, 2.05) is 6.92 Å². The molecule has 0 radical (unpaired) electrons. The first-order valence-corrected chi connectivity index (χ1v) is 7.42. The van der Waals surface area contributed by atoms with Crippen molar-refractivity contribution in [2.75, 3.05) is 26.3 Å². The van der Waals surface area contributed by atoms with Crippen molar-refractivity contribution in [2.24, 2.45) is 5.92 Å². The largest absolute Gasteiger partial charge is 0.486 e. The zero-order valence-corrected chi connectivity index (χ0v) is 12.1. The third-order valence-electron chi connectivity index (χ3n) is 3.98. The van der Waals surface area contributed by atoms with Crippen LogP contribution in [-0.4, -0.2) is 26.3 Å². The van der Waals surface area contributed by atoms with E-state index in [1.165, 1.54) is 18.4 Å². The van der Waals surface area contributed by atoms with Gasteiger partial charge in [0.2, 0.25) is 0 Å². The summed E-state index contributed by atoms with van der Waals surface area (Å²) in [5.74, 6) is 2.35. The molecule has 1 aromatic carbocycles. The molecule has 19 heavy (non-hydrogen) atoms. The average Bonchev–Trinajstić information content (AvgIpc) is 2.46. The Bertz CT molecular complexity index is 470. The fraction of sp³-hybridized carbons (Fsp3) is 0.600. The van der Waals surface area contributed by atoms with Gasteiger partial charge in [-0.2, -0.15) is 0 Å². The summed E-state index contributed by atoms with van der Waals surface area (Å²) < 4.78 is 11.3. The minimum Gasteiger partial charge on any atom is -0.486 e. The number of rotatable bonds is 2. The zero-order chi connectivity index (χ0) is 13.2. The first-order chi connectivity index (χ1) is 9.25. The van der Waals surface area contributed by atoms with Crippen molar-refractivity contribution in [1.82, 2.24) is 5.32 Å². The molecule has 3 nitrogen and oxygen atoms in total. The Morgan fingerprint density at radius 3 is 3.00 bits per heavy atom. The smallest absolute Gasteiger partial charge is 0.165 e. The summed E-state index contributed by atoms with van der Waals surface area (Å²) in [4.78, 5) is 0. The van der Waals surface area contributed by atoms with Gasteiger partial charge >= 0.3 is 0 Å². The second-order valence-electron chi connectivity index (χ2n) is 5.42. The molecule has 0 spiro atoms. The summed E-state index contributed by atoms with van der Waals surface area (Å²) in [5.41, 5.74) is 2.20. The fourth-order valence-electron chi connectivity index (χ4n) is 2.95. The van der Waals surface area contributed by atoms with E-state index in [1.54, 1.807) is 0 Å². The molecule has 0 bridgehead atoms. The van der Waals surface area contributed by atoms with Crippen LogP contribution in [-0.2, 0) is 6.42 Å². The first kappa shape index (κ1) is 13.1. The Balaban J connectivity index is 1.86. The highest BCUT2D eigenvalue weighted by atomic mass is 35.5. The molecule has 2 heterocycles. The van der Waals surface area contributed by atoms with E-state index in [2.05, 4.69) is 11.4 Å². The van der Waals surface area contributed by atoms with Crippen molar-refractivity contribution in [3.8, 4) is 11.5 Å². The molecule has 1 unspecified atom stereocenters. The minimum absolute atomic E-state index is 0.607. The maximum Gasteiger partial charge on any atom is 0.165 e. The van der Waals surface area contributed by atoms with E-state index in [9.17, 15) is 0 Å². The van der Waals surface area contributed by atoms with Crippen LogP contribution in [0.3, 0.4) is 0 Å². The lowest BCUT2D eigenvalue weighted by Crippen LogP contribution is -2.31. The zero-order valence-electron chi connectivity index (χ0n) is 11.3. The van der Waals surface area contributed by atoms with Gasteiger partial charge in [0, 0.05) is 5.56 Å². The molecule has 1 atom stereocenters. The molecule has 0 aromatic heterocycles. The number of nitrogens with one attached hydrogen (secondary N) is 1. The molecular weight excluding hydrogens is 262 g/mol. The Labute approximate surface area is 119 Å². The molecule has 1 aromatic rings. The van der Waals surface area contributed by atoms with E-state index >= 15 is 0 Å². The van der Waals surface area contributed by atoms with Crippen molar-refractivity contribution in [3.05, 3.63) is 22.2 Å². The van der Waals surface area contributed by atoms with Gasteiger partial charge in [-0.05, 0) is 56.8 Å². The second kappa shape index (κ2) is 5.59. The van der Waals surface area contributed by atoms with E-state index in [-0.39, 0.29) is 0 Å². The van der Waals surface area contributed by atoms with Crippen LogP contribution in [0.4, 0.5) is 0 Å². The third kappa shape index (κ3) is 2.67. The fourth-order valence-corrected chi connectivity index (χ4v) is 3.17. The Morgan fingerprint density at radius 1 is 1.37 bits per heavy atom. The average molecular weight is 282 g/mol. The lowest BCUT2D eigenvalue weighted by Gasteiger charge is -2.26. The van der Waals surface area contributed by atoms with E-state index in [0.717, 1.165) is 41.6 Å². The predicted molar refractivity (Wildman–Crippen MR) is 76.5 cm³/mol. The van der Waals surface area contributed by atoms with Gasteiger partial charge in [-0.1, -0.05) is 11.6 Å². The van der Waals surface area contributed by atoms with Crippen LogP contribution >= 0.6 is 11.6 Å². The van der Waals surface area contributed by atoms with Crippen molar-refractivity contribution >= 4 is 11.6 Å². The van der Waals surface area contributed by atoms with Crippen LogP contribution in [0.1, 0.15) is 24.0 Å². The molecular formula is C15H20ClNO2. The van der Waals surface area contributed by atoms with Gasteiger partial charge in [0.05, 0.1) is 5.02 Å². The van der Waals surface area contributed by atoms with Gasteiger partial charge in [-0.25, -0.2) is 0 Å². The normalized spacial score (nSPS) is 22.3. The number of hydrogen-bond donors (Lipinski definition) is 1. The summed E-state index contributed by atoms with van der Waals surface area (Å²) in [6, 6.07) is 2.07. The molecule has 0 saturated carbocycles. The summed E-state index contributed by atoms with van der Waals surface area (Å²) in [7, 11) is 0. The van der Waals surface area contributed by atoms with Crippen LogP contribution in [0.5, 0.6) is 11.5 Å². The van der Waals surface area contributed by atoms with Crippen LogP contribution in [0.25, 0.3) is 0 Å². The van der Waals surface area contributed by atoms with Crippen molar-refractivity contribution in [2.45, 2.75) is 26.2 Å². The van der Waals surface area contributed by atoms with Gasteiger partial charge < -0.3 is 14.8 Å². The summed E-state index contributed by atoms with van der Waals surface area (Å²) in [5, 5.41) is 4.29. The van der Waals surface area contributed by atoms with Gasteiger partial charge in [0.1, 0.15) is 13.2 Å². The number of halogens is 1. The molecule has 0 aliphatic carbocycles. The van der Waals surface area contributed by atoms with Gasteiger partial charge in [0.25, 0.3) is 0 Å². The topological polar surface area (TPSA) is 30.5 Å². The van der Waals surface area contributed by atoms with Gasteiger partial charge in [0.15, 0.2) is 11.5 Å². The molecule has 3 rings (SSSR count). The summed E-state index contributed by atoms with van der Waals surface area (Å²) in [6.45, 7) is 5.47. The van der Waals surface area contributed by atoms with Gasteiger partial charge in [-0.3, -0.25) is 0 Å². The predicted octanol–water partition coefficient (Wildman–Crippen LogP) is 2.96. The second-order valence-corrected chi connectivity index (χ2v) is 5.79. The van der Waals surface area contributed by atoms with Gasteiger partial charge in [-0.15, -0.1) is 0 Å². The SMILES string of the molecule is Cc1c(Cl)c(CC2CCCNC2)cc2c1OCCO2. The standard InChI is InChI=1S/C15H20ClNO2/c1-10-14(16)12(7-11-3-2-4-17-9-11)8-13-15(10)19-6-5-18-13/h8,11,17H,2-7,9H2,1H3. The molecule has 0 amide bonds. The maximum atomic E-state index is 6.49. The lowest BCUT2D eigenvalue weighted by atomic mass is 9.91. The quantitative estimate of drug-likeness (QED) is 0.904. The highest BCUT2D eigenvalue weighted by molar-refractivity contribution is 6.32. The van der Waals surface area contributed by atoms with Crippen molar-refractivity contribution in [1.29, 1.82) is 0 Å². The number of fused-ring (bicyclic) bond motifs is 1. The van der Waals surface area contributed by atoms with Crippen LogP contribution < -0.4 is 14.8 Å². The molecule has 2 aliphatic rings. The Hall–Kier alpha value is -0.930. The van der Waals surface area contributed by atoms with Crippen LogP contribution in [0, 0.1) is 12.8 Å². The van der Waals surface area contributed by atoms with Crippen molar-refractivity contribution < 1.29 is 9.47 Å². The number of hydrogen-bond acceptors (Lipinski definition) is 3.